The van der Waals surface area contributed by atoms with Crippen LogP contribution in [0.4, 0.5) is 5.13 Å². The highest BCUT2D eigenvalue weighted by atomic mass is 32.1. The van der Waals surface area contributed by atoms with Crippen molar-refractivity contribution in [3.8, 4) is 0 Å². The number of anilines is 1. The van der Waals surface area contributed by atoms with E-state index in [1.807, 2.05) is 0 Å². The highest BCUT2D eigenvalue weighted by Gasteiger charge is 2.17. The number of nitrogens with zero attached hydrogens (tertiary/aromatic N) is 2. The maximum atomic E-state index is 10.8. The smallest absolute Gasteiger partial charge is 0.360 e. The van der Waals surface area contributed by atoms with Crippen molar-refractivity contribution in [1.82, 2.24) is 10.4 Å². The number of oxime groups is 1. The maximum absolute atomic E-state index is 10.8. The molecule has 0 saturated heterocycles. The van der Waals surface area contributed by atoms with Gasteiger partial charge >= 0.3 is 5.97 Å². The van der Waals surface area contributed by atoms with Crippen molar-refractivity contribution < 1.29 is 19.5 Å². The molecule has 0 spiro atoms. The van der Waals surface area contributed by atoms with E-state index in [2.05, 4.69) is 15.0 Å². The molecule has 0 aliphatic carbocycles. The van der Waals surface area contributed by atoms with Crippen molar-refractivity contribution in [2.75, 3.05) is 12.3 Å². The van der Waals surface area contributed by atoms with Gasteiger partial charge in [0.05, 0.1) is 0 Å². The predicted octanol–water partition coefficient (Wildman–Crippen LogP) is -1.48. The summed E-state index contributed by atoms with van der Waals surface area (Å²) in [4.78, 5) is 29.8. The lowest BCUT2D eigenvalue weighted by atomic mass is 10.3. The Morgan fingerprint density at radius 1 is 1.65 bits per heavy atom. The maximum Gasteiger partial charge on any atom is 0.360 e. The topological polar surface area (TPSA) is 153 Å². The summed E-state index contributed by atoms with van der Waals surface area (Å²) in [6.07, 6.45) is 0. The average Bonchev–Trinajstić information content (AvgIpc) is 2.70. The van der Waals surface area contributed by atoms with E-state index < -0.39 is 24.2 Å². The van der Waals surface area contributed by atoms with Crippen LogP contribution >= 0.6 is 11.3 Å². The van der Waals surface area contributed by atoms with Crippen molar-refractivity contribution in [2.45, 2.75) is 0 Å². The summed E-state index contributed by atoms with van der Waals surface area (Å²) in [5.41, 5.74) is 6.77. The first-order valence-electron chi connectivity index (χ1n) is 4.18. The zero-order valence-electron chi connectivity index (χ0n) is 8.41. The summed E-state index contributed by atoms with van der Waals surface area (Å²) in [6, 6.07) is 0. The number of carboxylic acids is 1. The van der Waals surface area contributed by atoms with Crippen LogP contribution in [0, 0.1) is 0 Å². The Labute approximate surface area is 99.0 Å². The second kappa shape index (κ2) is 5.77. The van der Waals surface area contributed by atoms with E-state index in [-0.39, 0.29) is 10.8 Å². The summed E-state index contributed by atoms with van der Waals surface area (Å²) in [6.45, 7) is -0.493. The molecule has 92 valence electrons. The number of nitrogens with two attached hydrogens (primary N) is 2. The minimum Gasteiger partial charge on any atom is -0.476 e. The number of carboxylic acid groups (broad SMARTS) is 1. The van der Waals surface area contributed by atoms with E-state index in [9.17, 15) is 9.59 Å². The number of hydrazine groups is 1. The summed E-state index contributed by atoms with van der Waals surface area (Å²) < 4.78 is 0. The number of rotatable bonds is 5. The van der Waals surface area contributed by atoms with Gasteiger partial charge in [0.2, 0.25) is 5.71 Å². The standard InChI is InChI=1S/C7H9N5O4S/c8-7-10-3(2-17-7)5(6(14)15)12-16-1-4(13)11-9/h2H,1,9H2,(H2,8,10)(H,11,13)(H,14,15). The number of hydrogen-bond donors (Lipinski definition) is 4. The molecule has 9 nitrogen and oxygen atoms in total. The van der Waals surface area contributed by atoms with Gasteiger partial charge in [-0.05, 0) is 0 Å². The van der Waals surface area contributed by atoms with Gasteiger partial charge in [0, 0.05) is 5.38 Å². The first-order chi connectivity index (χ1) is 8.04. The van der Waals surface area contributed by atoms with Crippen LogP contribution in [-0.2, 0) is 14.4 Å². The molecule has 0 radical (unpaired) electrons. The zero-order chi connectivity index (χ0) is 12.8. The fourth-order valence-electron chi connectivity index (χ4n) is 0.789. The number of thiazole rings is 1. The first-order valence-corrected chi connectivity index (χ1v) is 5.06. The molecule has 0 fully saturated rings. The second-order valence-corrected chi connectivity index (χ2v) is 3.55. The van der Waals surface area contributed by atoms with Gasteiger partial charge in [-0.3, -0.25) is 10.2 Å². The van der Waals surface area contributed by atoms with Crippen LogP contribution in [0.25, 0.3) is 0 Å². The largest absolute Gasteiger partial charge is 0.476 e. The normalized spacial score (nSPS) is 11.0. The highest BCUT2D eigenvalue weighted by Crippen LogP contribution is 2.12. The molecule has 17 heavy (non-hydrogen) atoms. The number of carbonyl (C=O) groups excluding carboxylic acids is 1. The molecule has 1 rings (SSSR count). The fraction of sp³-hybridized carbons (Fsp3) is 0.143. The van der Waals surface area contributed by atoms with Crippen LogP contribution in [0.15, 0.2) is 10.5 Å². The van der Waals surface area contributed by atoms with E-state index in [0.29, 0.717) is 0 Å². The molecule has 0 aromatic carbocycles. The number of nitrogen functional groups attached to an aromatic ring is 1. The van der Waals surface area contributed by atoms with Gasteiger partial charge in [-0.1, -0.05) is 5.16 Å². The molecule has 1 aromatic heterocycles. The third kappa shape index (κ3) is 3.70. The van der Waals surface area contributed by atoms with Crippen LogP contribution in [0.5, 0.6) is 0 Å². The van der Waals surface area contributed by atoms with Crippen molar-refractivity contribution in [2.24, 2.45) is 11.0 Å². The molecule has 0 aliphatic heterocycles. The lowest BCUT2D eigenvalue weighted by molar-refractivity contribution is -0.130. The molecule has 0 aliphatic rings. The van der Waals surface area contributed by atoms with E-state index in [1.165, 1.54) is 5.38 Å². The van der Waals surface area contributed by atoms with Crippen LogP contribution in [0.2, 0.25) is 0 Å². The van der Waals surface area contributed by atoms with Crippen LogP contribution in [-0.4, -0.2) is 34.3 Å². The minimum atomic E-state index is -1.34. The molecular formula is C7H9N5O4S. The first kappa shape index (κ1) is 12.9. The van der Waals surface area contributed by atoms with Gasteiger partial charge < -0.3 is 15.7 Å². The van der Waals surface area contributed by atoms with E-state index in [4.69, 9.17) is 16.7 Å². The Bertz CT molecular complexity index is 457. The second-order valence-electron chi connectivity index (χ2n) is 2.66. The molecule has 0 unspecified atom stereocenters. The zero-order valence-corrected chi connectivity index (χ0v) is 9.23. The van der Waals surface area contributed by atoms with Gasteiger partial charge in [-0.15, -0.1) is 11.3 Å². The quantitative estimate of drug-likeness (QED) is 0.217. The van der Waals surface area contributed by atoms with Gasteiger partial charge in [-0.2, -0.15) is 0 Å². The summed E-state index contributed by atoms with van der Waals surface area (Å²) in [5.74, 6) is 2.81. The Kier molecular flexibility index (Phi) is 4.37. The monoisotopic (exact) mass is 259 g/mol. The van der Waals surface area contributed by atoms with Crippen LogP contribution in [0.1, 0.15) is 5.69 Å². The van der Waals surface area contributed by atoms with Gasteiger partial charge in [-0.25, -0.2) is 15.6 Å². The number of nitrogens with one attached hydrogen (secondary N) is 1. The molecule has 0 bridgehead atoms. The van der Waals surface area contributed by atoms with E-state index in [1.54, 1.807) is 5.43 Å². The molecule has 6 N–H and O–H groups in total. The van der Waals surface area contributed by atoms with E-state index in [0.717, 1.165) is 11.3 Å². The van der Waals surface area contributed by atoms with E-state index >= 15 is 0 Å². The van der Waals surface area contributed by atoms with Gasteiger partial charge in [0.15, 0.2) is 11.7 Å². The average molecular weight is 259 g/mol. The number of aliphatic carboxylic acids is 1. The number of amides is 1. The van der Waals surface area contributed by atoms with Gasteiger partial charge in [0.25, 0.3) is 5.91 Å². The summed E-state index contributed by atoms with van der Waals surface area (Å²) in [5, 5.41) is 13.7. The highest BCUT2D eigenvalue weighted by molar-refractivity contribution is 7.13. The molecular weight excluding hydrogens is 250 g/mol. The van der Waals surface area contributed by atoms with Crippen LogP contribution < -0.4 is 17.0 Å². The SMILES string of the molecule is NNC(=O)CON=C(C(=O)O)c1csc(N)n1. The minimum absolute atomic E-state index is 0.0631. The third-order valence-electron chi connectivity index (χ3n) is 1.48. The van der Waals surface area contributed by atoms with Crippen molar-refractivity contribution in [1.29, 1.82) is 0 Å². The summed E-state index contributed by atoms with van der Waals surface area (Å²) in [7, 11) is 0. The molecule has 1 aromatic rings. The molecule has 1 amide bonds. The Morgan fingerprint density at radius 2 is 2.35 bits per heavy atom. The van der Waals surface area contributed by atoms with Crippen molar-refractivity contribution in [3.05, 3.63) is 11.1 Å². The number of hydrogen-bond acceptors (Lipinski definition) is 8. The molecule has 1 heterocycles. The Hall–Kier alpha value is -2.20. The fourth-order valence-corrected chi connectivity index (χ4v) is 1.34. The Balaban J connectivity index is 2.76. The Morgan fingerprint density at radius 3 is 2.82 bits per heavy atom. The van der Waals surface area contributed by atoms with Crippen LogP contribution in [0.3, 0.4) is 0 Å². The number of aromatic nitrogens is 1. The molecule has 0 saturated carbocycles. The van der Waals surface area contributed by atoms with Crippen molar-refractivity contribution >= 4 is 34.1 Å². The number of carbonyl (C=O) groups is 2. The lowest BCUT2D eigenvalue weighted by Gasteiger charge is -1.99. The predicted molar refractivity (Wildman–Crippen MR) is 59.0 cm³/mol. The summed E-state index contributed by atoms with van der Waals surface area (Å²) >= 11 is 1.06. The molecule has 0 atom stereocenters. The molecule has 10 heteroatoms. The lowest BCUT2D eigenvalue weighted by Crippen LogP contribution is -2.33. The van der Waals surface area contributed by atoms with Crippen molar-refractivity contribution in [3.63, 3.8) is 0 Å². The third-order valence-corrected chi connectivity index (χ3v) is 2.15. The van der Waals surface area contributed by atoms with Gasteiger partial charge in [0.1, 0.15) is 5.69 Å².